The van der Waals surface area contributed by atoms with Crippen LogP contribution in [-0.4, -0.2) is 4.98 Å². The van der Waals surface area contributed by atoms with E-state index in [4.69, 9.17) is 0 Å². The van der Waals surface area contributed by atoms with E-state index in [1.807, 2.05) is 38.1 Å². The van der Waals surface area contributed by atoms with Crippen LogP contribution in [0.5, 0.6) is 0 Å². The van der Waals surface area contributed by atoms with Crippen LogP contribution in [0.1, 0.15) is 35.3 Å². The topological polar surface area (TPSA) is 24.9 Å². The first-order chi connectivity index (χ1) is 12.2. The summed E-state index contributed by atoms with van der Waals surface area (Å²) in [6, 6.07) is 11.7. The van der Waals surface area contributed by atoms with E-state index in [1.165, 1.54) is 13.0 Å². The average Bonchev–Trinajstić information content (AvgIpc) is 2.54. The molecule has 136 valence electrons. The number of aromatic nitrogens is 1. The van der Waals surface area contributed by atoms with Gasteiger partial charge in [0.1, 0.15) is 0 Å². The van der Waals surface area contributed by atoms with Crippen molar-refractivity contribution in [1.82, 2.24) is 4.98 Å². The first-order valence-electron chi connectivity index (χ1n) is 8.17. The van der Waals surface area contributed by atoms with Crippen molar-refractivity contribution in [2.24, 2.45) is 0 Å². The van der Waals surface area contributed by atoms with E-state index in [-0.39, 0.29) is 11.6 Å². The summed E-state index contributed by atoms with van der Waals surface area (Å²) in [6.45, 7) is 5.28. The number of rotatable bonds is 3. The second-order valence-electron chi connectivity index (χ2n) is 6.36. The number of alkyl halides is 3. The van der Waals surface area contributed by atoms with Crippen molar-refractivity contribution in [3.05, 3.63) is 69.3 Å². The Hall–Kier alpha value is -2.08. The van der Waals surface area contributed by atoms with Crippen LogP contribution in [0, 0.1) is 13.8 Å². The molecule has 1 N–H and O–H groups in total. The number of fused-ring (bicyclic) bond motifs is 1. The fourth-order valence-corrected chi connectivity index (χ4v) is 3.55. The highest BCUT2D eigenvalue weighted by molar-refractivity contribution is 9.10. The van der Waals surface area contributed by atoms with Crippen molar-refractivity contribution in [2.45, 2.75) is 33.0 Å². The summed E-state index contributed by atoms with van der Waals surface area (Å²) >= 11 is 3.46. The van der Waals surface area contributed by atoms with Gasteiger partial charge < -0.3 is 5.32 Å². The molecule has 6 heteroatoms. The molecule has 0 radical (unpaired) electrons. The van der Waals surface area contributed by atoms with Crippen LogP contribution in [0.15, 0.2) is 46.9 Å². The minimum absolute atomic E-state index is 0.247. The molecule has 3 rings (SSSR count). The molecule has 0 aliphatic heterocycles. The van der Waals surface area contributed by atoms with Gasteiger partial charge in [0, 0.05) is 27.3 Å². The van der Waals surface area contributed by atoms with Gasteiger partial charge in [0.25, 0.3) is 0 Å². The zero-order chi connectivity index (χ0) is 19.1. The number of pyridine rings is 1. The van der Waals surface area contributed by atoms with Crippen LogP contribution in [0.3, 0.4) is 0 Å². The maximum atomic E-state index is 13.2. The minimum Gasteiger partial charge on any atom is -0.378 e. The van der Waals surface area contributed by atoms with Crippen LogP contribution in [0.4, 0.5) is 18.9 Å². The molecule has 0 saturated carbocycles. The lowest BCUT2D eigenvalue weighted by Crippen LogP contribution is -2.14. The van der Waals surface area contributed by atoms with Gasteiger partial charge in [0.05, 0.1) is 11.1 Å². The predicted molar refractivity (Wildman–Crippen MR) is 102 cm³/mol. The molecular weight excluding hydrogens is 405 g/mol. The Kier molecular flexibility index (Phi) is 4.97. The Labute approximate surface area is 158 Å². The van der Waals surface area contributed by atoms with E-state index in [2.05, 4.69) is 26.2 Å². The molecule has 0 amide bonds. The maximum absolute atomic E-state index is 13.2. The number of nitrogens with zero attached hydrogens (tertiary/aromatic N) is 1. The van der Waals surface area contributed by atoms with Gasteiger partial charge in [0.2, 0.25) is 0 Å². The maximum Gasteiger partial charge on any atom is 0.416 e. The lowest BCUT2D eigenvalue weighted by molar-refractivity contribution is -0.138. The first kappa shape index (κ1) is 18.7. The van der Waals surface area contributed by atoms with Crippen LogP contribution in [0.25, 0.3) is 10.9 Å². The first-order valence-corrected chi connectivity index (χ1v) is 8.96. The molecule has 0 saturated heterocycles. The van der Waals surface area contributed by atoms with Gasteiger partial charge in [-0.2, -0.15) is 13.2 Å². The molecule has 0 unspecified atom stereocenters. The van der Waals surface area contributed by atoms with E-state index in [0.717, 1.165) is 32.8 Å². The second-order valence-corrected chi connectivity index (χ2v) is 7.27. The lowest BCUT2D eigenvalue weighted by atomic mass is 9.97. The summed E-state index contributed by atoms with van der Waals surface area (Å²) in [5.41, 5.74) is 2.80. The quantitative estimate of drug-likeness (QED) is 0.501. The minimum atomic E-state index is -4.36. The van der Waals surface area contributed by atoms with Gasteiger partial charge in [-0.1, -0.05) is 28.1 Å². The van der Waals surface area contributed by atoms with Crippen LogP contribution in [-0.2, 0) is 6.18 Å². The Balaban J connectivity index is 2.03. The smallest absolute Gasteiger partial charge is 0.378 e. The summed E-state index contributed by atoms with van der Waals surface area (Å²) in [7, 11) is 0. The zero-order valence-corrected chi connectivity index (χ0v) is 16.2. The number of aryl methyl sites for hydroxylation is 1. The molecule has 0 bridgehead atoms. The molecule has 0 aliphatic carbocycles. The Morgan fingerprint density at radius 3 is 2.50 bits per heavy atom. The van der Waals surface area contributed by atoms with Crippen molar-refractivity contribution in [3.8, 4) is 0 Å². The molecule has 0 spiro atoms. The highest BCUT2D eigenvalue weighted by Crippen LogP contribution is 2.36. The molecule has 2 nitrogen and oxygen atoms in total. The normalized spacial score (nSPS) is 13.0. The van der Waals surface area contributed by atoms with E-state index < -0.39 is 11.7 Å². The van der Waals surface area contributed by atoms with Crippen molar-refractivity contribution in [1.29, 1.82) is 0 Å². The summed E-state index contributed by atoms with van der Waals surface area (Å²) in [4.78, 5) is 4.51. The van der Waals surface area contributed by atoms with Gasteiger partial charge >= 0.3 is 6.18 Å². The molecule has 1 heterocycles. The highest BCUT2D eigenvalue weighted by atomic mass is 79.9. The third kappa shape index (κ3) is 3.70. The summed E-state index contributed by atoms with van der Waals surface area (Å²) < 4.78 is 40.5. The highest BCUT2D eigenvalue weighted by Gasteiger charge is 2.33. The molecule has 26 heavy (non-hydrogen) atoms. The Morgan fingerprint density at radius 1 is 1.08 bits per heavy atom. The van der Waals surface area contributed by atoms with E-state index in [0.29, 0.717) is 5.56 Å². The van der Waals surface area contributed by atoms with Crippen molar-refractivity contribution < 1.29 is 13.2 Å². The fraction of sp³-hybridized carbons (Fsp3) is 0.250. The molecule has 1 aromatic heterocycles. The average molecular weight is 423 g/mol. The van der Waals surface area contributed by atoms with Crippen molar-refractivity contribution >= 4 is 32.5 Å². The summed E-state index contributed by atoms with van der Waals surface area (Å²) in [6.07, 6.45) is -4.36. The van der Waals surface area contributed by atoms with Crippen LogP contribution >= 0.6 is 15.9 Å². The standard InChI is InChI=1S/C20H18BrF3N2/c1-11-9-19(16-10-14(21)7-8-18(16)25-11)26-13(3)15-5-4-6-17(12(15)2)20(22,23)24/h4-10,13H,1-3H3,(H,25,26)/t13-/m1/s1. The zero-order valence-electron chi connectivity index (χ0n) is 14.6. The molecule has 0 aliphatic rings. The molecule has 3 aromatic rings. The van der Waals surface area contributed by atoms with E-state index in [1.54, 1.807) is 6.07 Å². The monoisotopic (exact) mass is 422 g/mol. The SMILES string of the molecule is Cc1cc(N[C@H](C)c2cccc(C(F)(F)F)c2C)c2cc(Br)ccc2n1. The number of hydrogen-bond acceptors (Lipinski definition) is 2. The Morgan fingerprint density at radius 2 is 1.81 bits per heavy atom. The number of benzene rings is 2. The number of hydrogen-bond donors (Lipinski definition) is 1. The summed E-state index contributed by atoms with van der Waals surface area (Å²) in [5.74, 6) is 0. The molecule has 0 fully saturated rings. The predicted octanol–water partition coefficient (Wildman–Crippen LogP) is 6.81. The second kappa shape index (κ2) is 6.91. The van der Waals surface area contributed by atoms with Crippen molar-refractivity contribution in [2.75, 3.05) is 5.32 Å². The number of nitrogens with one attached hydrogen (secondary N) is 1. The third-order valence-corrected chi connectivity index (χ3v) is 4.91. The largest absolute Gasteiger partial charge is 0.416 e. The van der Waals surface area contributed by atoms with E-state index in [9.17, 15) is 13.2 Å². The van der Waals surface area contributed by atoms with Gasteiger partial charge in [-0.05, 0) is 62.2 Å². The number of halogens is 4. The Bertz CT molecular complexity index is 967. The molecular formula is C20H18BrF3N2. The third-order valence-electron chi connectivity index (χ3n) is 4.42. The van der Waals surface area contributed by atoms with Crippen molar-refractivity contribution in [3.63, 3.8) is 0 Å². The van der Waals surface area contributed by atoms with Gasteiger partial charge in [-0.3, -0.25) is 4.98 Å². The number of anilines is 1. The van der Waals surface area contributed by atoms with Crippen LogP contribution in [0.2, 0.25) is 0 Å². The van der Waals surface area contributed by atoms with Gasteiger partial charge in [-0.15, -0.1) is 0 Å². The van der Waals surface area contributed by atoms with Gasteiger partial charge in [0.15, 0.2) is 0 Å². The van der Waals surface area contributed by atoms with Crippen LogP contribution < -0.4 is 5.32 Å². The lowest BCUT2D eigenvalue weighted by Gasteiger charge is -2.22. The van der Waals surface area contributed by atoms with Gasteiger partial charge in [-0.25, -0.2) is 0 Å². The molecule has 1 atom stereocenters. The fourth-order valence-electron chi connectivity index (χ4n) is 3.19. The van der Waals surface area contributed by atoms with E-state index >= 15 is 0 Å². The summed E-state index contributed by atoms with van der Waals surface area (Å²) in [5, 5.41) is 4.28. The molecule has 2 aromatic carbocycles.